The lowest BCUT2D eigenvalue weighted by atomic mass is 10.1. The summed E-state index contributed by atoms with van der Waals surface area (Å²) in [6, 6.07) is 22.2. The van der Waals surface area contributed by atoms with Gasteiger partial charge in [0.1, 0.15) is 6.61 Å². The molecule has 2 N–H and O–H groups in total. The monoisotopic (exact) mass is 434 g/mol. The van der Waals surface area contributed by atoms with Crippen molar-refractivity contribution in [3.63, 3.8) is 0 Å². The molecular formula is C26H27ClN2O2. The van der Waals surface area contributed by atoms with E-state index >= 15 is 0 Å². The highest BCUT2D eigenvalue weighted by Crippen LogP contribution is 2.33. The maximum absolute atomic E-state index is 6.30. The van der Waals surface area contributed by atoms with Crippen molar-refractivity contribution >= 4 is 22.5 Å². The van der Waals surface area contributed by atoms with Crippen molar-refractivity contribution in [2.24, 2.45) is 0 Å². The van der Waals surface area contributed by atoms with E-state index in [0.717, 1.165) is 35.6 Å². The Balaban J connectivity index is 1.42. The summed E-state index contributed by atoms with van der Waals surface area (Å²) in [4.78, 5) is 3.34. The molecule has 0 aliphatic rings. The summed E-state index contributed by atoms with van der Waals surface area (Å²) in [6.07, 6.45) is 3.05. The van der Waals surface area contributed by atoms with Crippen LogP contribution in [-0.2, 0) is 19.6 Å². The lowest BCUT2D eigenvalue weighted by molar-refractivity contribution is 0.266. The molecule has 1 heterocycles. The number of ether oxygens (including phenoxy) is 2. The Kier molecular flexibility index (Phi) is 7.13. The summed E-state index contributed by atoms with van der Waals surface area (Å²) in [5.41, 5.74) is 4.52. The van der Waals surface area contributed by atoms with Crippen LogP contribution in [0.2, 0.25) is 5.02 Å². The van der Waals surface area contributed by atoms with Crippen molar-refractivity contribution in [1.82, 2.24) is 10.3 Å². The Morgan fingerprint density at radius 3 is 2.55 bits per heavy atom. The molecule has 0 aliphatic heterocycles. The van der Waals surface area contributed by atoms with Gasteiger partial charge < -0.3 is 19.8 Å². The normalized spacial score (nSPS) is 11.0. The molecule has 4 aromatic rings. The second-order valence-electron chi connectivity index (χ2n) is 7.34. The average molecular weight is 435 g/mol. The van der Waals surface area contributed by atoms with Crippen molar-refractivity contribution < 1.29 is 9.47 Å². The van der Waals surface area contributed by atoms with Gasteiger partial charge in [-0.15, -0.1) is 0 Å². The Labute approximate surface area is 188 Å². The lowest BCUT2D eigenvalue weighted by Gasteiger charge is -2.17. The Morgan fingerprint density at radius 1 is 0.871 bits per heavy atom. The van der Waals surface area contributed by atoms with Crippen LogP contribution in [0.15, 0.2) is 72.9 Å². The molecule has 0 fully saturated rings. The molecule has 0 aliphatic carbocycles. The average Bonchev–Trinajstić information content (AvgIpc) is 3.20. The first-order chi connectivity index (χ1) is 15.3. The predicted molar refractivity (Wildman–Crippen MR) is 127 cm³/mol. The molecule has 160 valence electrons. The van der Waals surface area contributed by atoms with Gasteiger partial charge in [0.05, 0.1) is 6.61 Å². The number of aromatic amines is 1. The molecule has 0 bridgehead atoms. The first kappa shape index (κ1) is 21.3. The number of rotatable bonds is 10. The van der Waals surface area contributed by atoms with E-state index < -0.39 is 0 Å². The standard InChI is InChI=1S/C26H27ClN2O2/c1-2-30-25-13-7-9-20(26(25)31-18-21-8-3-5-11-23(21)27)16-28-15-14-19-17-29-24-12-6-4-10-22(19)24/h3-13,17,28-29H,2,14-16,18H2,1H3. The molecule has 1 aromatic heterocycles. The number of halogens is 1. The molecule has 4 rings (SSSR count). The van der Waals surface area contributed by atoms with E-state index in [1.165, 1.54) is 16.5 Å². The molecule has 31 heavy (non-hydrogen) atoms. The van der Waals surface area contributed by atoms with Crippen molar-refractivity contribution in [2.45, 2.75) is 26.5 Å². The molecule has 5 heteroatoms. The van der Waals surface area contributed by atoms with Gasteiger partial charge in [-0.05, 0) is 43.7 Å². The van der Waals surface area contributed by atoms with Crippen LogP contribution in [0.4, 0.5) is 0 Å². The summed E-state index contributed by atoms with van der Waals surface area (Å²) in [7, 11) is 0. The molecule has 0 saturated carbocycles. The van der Waals surface area contributed by atoms with Crippen molar-refractivity contribution in [3.05, 3.63) is 94.6 Å². The minimum absolute atomic E-state index is 0.395. The zero-order valence-corrected chi connectivity index (χ0v) is 18.4. The van der Waals surface area contributed by atoms with Crippen LogP contribution < -0.4 is 14.8 Å². The number of benzene rings is 3. The molecule has 0 radical (unpaired) electrons. The fourth-order valence-electron chi connectivity index (χ4n) is 3.68. The van der Waals surface area contributed by atoms with Gasteiger partial charge in [0.25, 0.3) is 0 Å². The Hall–Kier alpha value is -2.95. The van der Waals surface area contributed by atoms with Gasteiger partial charge in [-0.1, -0.05) is 60.1 Å². The number of nitrogens with one attached hydrogen (secondary N) is 2. The number of hydrogen-bond donors (Lipinski definition) is 2. The fraction of sp³-hybridized carbons (Fsp3) is 0.231. The second kappa shape index (κ2) is 10.4. The number of aromatic nitrogens is 1. The van der Waals surface area contributed by atoms with Crippen LogP contribution in [0, 0.1) is 0 Å². The van der Waals surface area contributed by atoms with Crippen LogP contribution >= 0.6 is 11.6 Å². The highest BCUT2D eigenvalue weighted by Gasteiger charge is 2.12. The summed E-state index contributed by atoms with van der Waals surface area (Å²) in [5.74, 6) is 1.52. The van der Waals surface area contributed by atoms with Gasteiger partial charge in [0.15, 0.2) is 11.5 Å². The van der Waals surface area contributed by atoms with Crippen LogP contribution in [0.1, 0.15) is 23.6 Å². The molecule has 0 spiro atoms. The molecule has 0 amide bonds. The number of H-pyrrole nitrogens is 1. The summed E-state index contributed by atoms with van der Waals surface area (Å²) in [6.45, 7) is 4.52. The van der Waals surface area contributed by atoms with Gasteiger partial charge in [-0.3, -0.25) is 0 Å². The van der Waals surface area contributed by atoms with E-state index in [9.17, 15) is 0 Å². The smallest absolute Gasteiger partial charge is 0.166 e. The number of fused-ring (bicyclic) bond motifs is 1. The fourth-order valence-corrected chi connectivity index (χ4v) is 3.87. The van der Waals surface area contributed by atoms with Crippen molar-refractivity contribution in [1.29, 1.82) is 0 Å². The van der Waals surface area contributed by atoms with Gasteiger partial charge in [0.2, 0.25) is 0 Å². The summed E-state index contributed by atoms with van der Waals surface area (Å²) >= 11 is 6.30. The lowest BCUT2D eigenvalue weighted by Crippen LogP contribution is -2.17. The zero-order chi connectivity index (χ0) is 21.5. The van der Waals surface area contributed by atoms with E-state index in [0.29, 0.717) is 24.8 Å². The zero-order valence-electron chi connectivity index (χ0n) is 17.7. The van der Waals surface area contributed by atoms with E-state index in [2.05, 4.69) is 46.8 Å². The van der Waals surface area contributed by atoms with E-state index in [-0.39, 0.29) is 0 Å². The van der Waals surface area contributed by atoms with Crippen LogP contribution in [0.3, 0.4) is 0 Å². The third kappa shape index (κ3) is 5.22. The first-order valence-electron chi connectivity index (χ1n) is 10.6. The minimum atomic E-state index is 0.395. The van der Waals surface area contributed by atoms with E-state index in [4.69, 9.17) is 21.1 Å². The molecule has 0 atom stereocenters. The summed E-state index contributed by atoms with van der Waals surface area (Å²) in [5, 5.41) is 5.54. The molecule has 3 aromatic carbocycles. The van der Waals surface area contributed by atoms with Crippen LogP contribution in [-0.4, -0.2) is 18.1 Å². The van der Waals surface area contributed by atoms with Crippen LogP contribution in [0.5, 0.6) is 11.5 Å². The maximum atomic E-state index is 6.30. The quantitative estimate of drug-likeness (QED) is 0.295. The number of para-hydroxylation sites is 2. The van der Waals surface area contributed by atoms with Crippen LogP contribution in [0.25, 0.3) is 10.9 Å². The van der Waals surface area contributed by atoms with Gasteiger partial charge in [-0.2, -0.15) is 0 Å². The predicted octanol–water partition coefficient (Wildman–Crippen LogP) is 6.13. The maximum Gasteiger partial charge on any atom is 0.166 e. The van der Waals surface area contributed by atoms with Crippen molar-refractivity contribution in [2.75, 3.05) is 13.2 Å². The van der Waals surface area contributed by atoms with Gasteiger partial charge in [0, 0.05) is 39.8 Å². The Bertz CT molecular complexity index is 1140. The molecule has 0 saturated heterocycles. The summed E-state index contributed by atoms with van der Waals surface area (Å²) < 4.78 is 12.0. The molecule has 0 unspecified atom stereocenters. The third-order valence-electron chi connectivity index (χ3n) is 5.25. The van der Waals surface area contributed by atoms with Gasteiger partial charge in [-0.25, -0.2) is 0 Å². The van der Waals surface area contributed by atoms with E-state index in [1.54, 1.807) is 0 Å². The highest BCUT2D eigenvalue weighted by atomic mass is 35.5. The SMILES string of the molecule is CCOc1cccc(CNCCc2c[nH]c3ccccc23)c1OCc1ccccc1Cl. The van der Waals surface area contributed by atoms with Crippen molar-refractivity contribution in [3.8, 4) is 11.5 Å². The Morgan fingerprint density at radius 2 is 1.68 bits per heavy atom. The third-order valence-corrected chi connectivity index (χ3v) is 5.62. The topological polar surface area (TPSA) is 46.3 Å². The number of hydrogen-bond acceptors (Lipinski definition) is 3. The first-order valence-corrected chi connectivity index (χ1v) is 11.0. The second-order valence-corrected chi connectivity index (χ2v) is 7.75. The molecular weight excluding hydrogens is 408 g/mol. The largest absolute Gasteiger partial charge is 0.490 e. The molecule has 4 nitrogen and oxygen atoms in total. The highest BCUT2D eigenvalue weighted by molar-refractivity contribution is 6.31. The minimum Gasteiger partial charge on any atom is -0.490 e. The van der Waals surface area contributed by atoms with Gasteiger partial charge >= 0.3 is 0 Å². The van der Waals surface area contributed by atoms with E-state index in [1.807, 2.05) is 43.3 Å².